The van der Waals surface area contributed by atoms with Gasteiger partial charge in [-0.25, -0.2) is 0 Å². The maximum atomic E-state index is 11.9. The number of nitrogens with zero attached hydrogens (tertiary/aromatic N) is 2. The molecule has 0 saturated carbocycles. The number of para-hydroxylation sites is 1. The largest absolute Gasteiger partial charge is 0.392 e. The van der Waals surface area contributed by atoms with Gasteiger partial charge in [0.15, 0.2) is 0 Å². The van der Waals surface area contributed by atoms with Crippen LogP contribution in [0.4, 0.5) is 0 Å². The molecule has 1 heterocycles. The van der Waals surface area contributed by atoms with E-state index in [0.29, 0.717) is 16.6 Å². The molecule has 0 aliphatic heterocycles. The minimum atomic E-state index is -0.569. The molecule has 0 aliphatic carbocycles. The Morgan fingerprint density at radius 1 is 1.41 bits per heavy atom. The topological polar surface area (TPSA) is 75.1 Å². The quantitative estimate of drug-likeness (QED) is 0.817. The Morgan fingerprint density at radius 3 is 2.94 bits per heavy atom. The van der Waals surface area contributed by atoms with E-state index in [0.717, 1.165) is 0 Å². The van der Waals surface area contributed by atoms with Crippen LogP contribution in [0.2, 0.25) is 0 Å². The molecule has 0 unspecified atom stereocenters. The summed E-state index contributed by atoms with van der Waals surface area (Å²) in [7, 11) is 0. The highest BCUT2D eigenvalue weighted by atomic mass is 16.3. The molecule has 1 aromatic carbocycles. The van der Waals surface area contributed by atoms with E-state index >= 15 is 0 Å². The average Bonchev–Trinajstić information content (AvgIpc) is 2.35. The van der Waals surface area contributed by atoms with Crippen molar-refractivity contribution in [2.45, 2.75) is 13.0 Å². The molecule has 0 saturated heterocycles. The summed E-state index contributed by atoms with van der Waals surface area (Å²) in [6, 6.07) is 5.25. The standard InChI is InChI=1S/C12H13N3O2/c1-8(16)7-15-12(17)9-3-2-4-10-11(9)14-6-5-13-10/h2-6,8,16H,7H2,1H3,(H,15,17)/t8-/m1/s1. The summed E-state index contributed by atoms with van der Waals surface area (Å²) in [5.74, 6) is -0.253. The van der Waals surface area contributed by atoms with E-state index in [-0.39, 0.29) is 12.5 Å². The molecule has 1 amide bonds. The van der Waals surface area contributed by atoms with Crippen LogP contribution in [-0.2, 0) is 0 Å². The van der Waals surface area contributed by atoms with E-state index in [9.17, 15) is 4.79 Å². The van der Waals surface area contributed by atoms with E-state index in [1.54, 1.807) is 37.5 Å². The minimum absolute atomic E-state index is 0.218. The fraction of sp³-hybridized carbons (Fsp3) is 0.250. The number of aromatic nitrogens is 2. The number of aliphatic hydroxyl groups excluding tert-OH is 1. The van der Waals surface area contributed by atoms with Crippen LogP contribution in [0.5, 0.6) is 0 Å². The van der Waals surface area contributed by atoms with Gasteiger partial charge in [-0.15, -0.1) is 0 Å². The molecule has 0 radical (unpaired) electrons. The van der Waals surface area contributed by atoms with E-state index in [1.807, 2.05) is 0 Å². The van der Waals surface area contributed by atoms with Gasteiger partial charge >= 0.3 is 0 Å². The molecule has 1 atom stereocenters. The number of carbonyl (C=O) groups is 1. The highest BCUT2D eigenvalue weighted by molar-refractivity contribution is 6.04. The zero-order chi connectivity index (χ0) is 12.3. The van der Waals surface area contributed by atoms with Gasteiger partial charge in [0.2, 0.25) is 0 Å². The molecule has 0 bridgehead atoms. The summed E-state index contributed by atoms with van der Waals surface area (Å²) < 4.78 is 0. The molecule has 17 heavy (non-hydrogen) atoms. The zero-order valence-corrected chi connectivity index (χ0v) is 9.42. The number of benzene rings is 1. The third kappa shape index (κ3) is 2.57. The Balaban J connectivity index is 2.32. The molecular formula is C12H13N3O2. The van der Waals surface area contributed by atoms with E-state index in [2.05, 4.69) is 15.3 Å². The molecule has 2 rings (SSSR count). The van der Waals surface area contributed by atoms with Crippen LogP contribution in [0.15, 0.2) is 30.6 Å². The Kier molecular flexibility index (Phi) is 3.30. The monoisotopic (exact) mass is 231 g/mol. The lowest BCUT2D eigenvalue weighted by Gasteiger charge is -2.08. The first-order valence-corrected chi connectivity index (χ1v) is 5.34. The molecule has 1 aromatic heterocycles. The van der Waals surface area contributed by atoms with Crippen molar-refractivity contribution in [3.8, 4) is 0 Å². The van der Waals surface area contributed by atoms with Gasteiger partial charge in [0.05, 0.1) is 17.2 Å². The van der Waals surface area contributed by atoms with Crippen molar-refractivity contribution in [2.24, 2.45) is 0 Å². The minimum Gasteiger partial charge on any atom is -0.392 e. The molecule has 0 aliphatic rings. The number of nitrogens with one attached hydrogen (secondary N) is 1. The van der Waals surface area contributed by atoms with Crippen molar-refractivity contribution >= 4 is 16.9 Å². The van der Waals surface area contributed by atoms with Gasteiger partial charge in [0, 0.05) is 18.9 Å². The van der Waals surface area contributed by atoms with E-state index in [1.165, 1.54) is 0 Å². The number of fused-ring (bicyclic) bond motifs is 1. The summed E-state index contributed by atoms with van der Waals surface area (Å²) >= 11 is 0. The molecule has 88 valence electrons. The van der Waals surface area contributed by atoms with Gasteiger partial charge in [-0.3, -0.25) is 14.8 Å². The second kappa shape index (κ2) is 4.88. The van der Waals surface area contributed by atoms with Crippen LogP contribution in [0.3, 0.4) is 0 Å². The number of hydrogen-bond acceptors (Lipinski definition) is 4. The Morgan fingerprint density at radius 2 is 2.18 bits per heavy atom. The third-order valence-corrected chi connectivity index (χ3v) is 2.30. The predicted molar refractivity (Wildman–Crippen MR) is 63.6 cm³/mol. The van der Waals surface area contributed by atoms with E-state index < -0.39 is 6.10 Å². The second-order valence-electron chi connectivity index (χ2n) is 3.79. The molecular weight excluding hydrogens is 218 g/mol. The summed E-state index contributed by atoms with van der Waals surface area (Å²) in [4.78, 5) is 20.1. The Labute approximate surface area is 98.5 Å². The summed E-state index contributed by atoms with van der Waals surface area (Å²) in [5, 5.41) is 11.8. The lowest BCUT2D eigenvalue weighted by atomic mass is 10.1. The fourth-order valence-corrected chi connectivity index (χ4v) is 1.51. The number of hydrogen-bond donors (Lipinski definition) is 2. The Hall–Kier alpha value is -2.01. The average molecular weight is 231 g/mol. The van der Waals surface area contributed by atoms with Gasteiger partial charge in [-0.05, 0) is 19.1 Å². The van der Waals surface area contributed by atoms with Crippen LogP contribution in [-0.4, -0.2) is 33.6 Å². The maximum absolute atomic E-state index is 11.9. The molecule has 0 spiro atoms. The van der Waals surface area contributed by atoms with Crippen molar-refractivity contribution in [3.63, 3.8) is 0 Å². The first kappa shape index (κ1) is 11.5. The fourth-order valence-electron chi connectivity index (χ4n) is 1.51. The molecule has 5 heteroatoms. The van der Waals surface area contributed by atoms with Crippen LogP contribution < -0.4 is 5.32 Å². The number of aliphatic hydroxyl groups is 1. The molecule has 0 fully saturated rings. The summed E-state index contributed by atoms with van der Waals surface area (Å²) in [5.41, 5.74) is 1.71. The number of amides is 1. The van der Waals surface area contributed by atoms with Crippen LogP contribution >= 0.6 is 0 Å². The number of rotatable bonds is 3. The normalized spacial score (nSPS) is 12.4. The third-order valence-electron chi connectivity index (χ3n) is 2.30. The summed E-state index contributed by atoms with van der Waals surface area (Å²) in [6.07, 6.45) is 2.56. The van der Waals surface area contributed by atoms with Crippen molar-refractivity contribution < 1.29 is 9.90 Å². The van der Waals surface area contributed by atoms with Crippen LogP contribution in [0.25, 0.3) is 11.0 Å². The smallest absolute Gasteiger partial charge is 0.253 e. The van der Waals surface area contributed by atoms with Crippen molar-refractivity contribution in [3.05, 3.63) is 36.2 Å². The highest BCUT2D eigenvalue weighted by Crippen LogP contribution is 2.13. The zero-order valence-electron chi connectivity index (χ0n) is 9.42. The maximum Gasteiger partial charge on any atom is 0.253 e. The first-order valence-electron chi connectivity index (χ1n) is 5.34. The van der Waals surface area contributed by atoms with Gasteiger partial charge in [0.1, 0.15) is 5.52 Å². The lowest BCUT2D eigenvalue weighted by molar-refractivity contribution is 0.0925. The second-order valence-corrected chi connectivity index (χ2v) is 3.79. The van der Waals surface area contributed by atoms with E-state index in [4.69, 9.17) is 5.11 Å². The summed E-state index contributed by atoms with van der Waals surface area (Å²) in [6.45, 7) is 1.83. The van der Waals surface area contributed by atoms with Gasteiger partial charge in [0.25, 0.3) is 5.91 Å². The Bertz CT molecular complexity index is 535. The number of carbonyl (C=O) groups excluding carboxylic acids is 1. The lowest BCUT2D eigenvalue weighted by Crippen LogP contribution is -2.30. The van der Waals surface area contributed by atoms with Gasteiger partial charge < -0.3 is 10.4 Å². The predicted octanol–water partition coefficient (Wildman–Crippen LogP) is 0.740. The van der Waals surface area contributed by atoms with Crippen molar-refractivity contribution in [2.75, 3.05) is 6.54 Å². The highest BCUT2D eigenvalue weighted by Gasteiger charge is 2.11. The first-order chi connectivity index (χ1) is 8.18. The van der Waals surface area contributed by atoms with Crippen LogP contribution in [0, 0.1) is 0 Å². The van der Waals surface area contributed by atoms with Gasteiger partial charge in [-0.1, -0.05) is 6.07 Å². The molecule has 5 nitrogen and oxygen atoms in total. The molecule has 2 aromatic rings. The van der Waals surface area contributed by atoms with Gasteiger partial charge in [-0.2, -0.15) is 0 Å². The molecule has 2 N–H and O–H groups in total. The van der Waals surface area contributed by atoms with Crippen LogP contribution in [0.1, 0.15) is 17.3 Å². The van der Waals surface area contributed by atoms with Crippen molar-refractivity contribution in [1.82, 2.24) is 15.3 Å². The SMILES string of the molecule is C[C@@H](O)CNC(=O)c1cccc2nccnc12. The van der Waals surface area contributed by atoms with Crippen molar-refractivity contribution in [1.29, 1.82) is 0 Å².